The summed E-state index contributed by atoms with van der Waals surface area (Å²) in [4.78, 5) is 12.3. The highest BCUT2D eigenvalue weighted by atomic mass is 16.4. The summed E-state index contributed by atoms with van der Waals surface area (Å²) in [6.45, 7) is 0. The van der Waals surface area contributed by atoms with Gasteiger partial charge in [-0.15, -0.1) is 0 Å². The predicted octanol–water partition coefficient (Wildman–Crippen LogP) is 2.90. The standard InChI is InChI=1S/C28H25NO2/c30-27(31)26(21-22-13-5-1-6-14-22)29-28(23-15-7-2-8-16-23,24-17-9-3-10-18-24)25-19-11-4-12-20-25/h1-20,26,29H,21H2,(H,30,31)/t26-/m0/s1. The van der Waals surface area contributed by atoms with Crippen LogP contribution < -0.4 is 10.4 Å². The monoisotopic (exact) mass is 407 g/mol. The fourth-order valence-corrected chi connectivity index (χ4v) is 4.27. The molecule has 3 nitrogen and oxygen atoms in total. The minimum absolute atomic E-state index is 0.372. The molecule has 3 heteroatoms. The normalized spacial score (nSPS) is 12.3. The zero-order chi connectivity index (χ0) is 21.5. The molecule has 0 aromatic heterocycles. The average Bonchev–Trinajstić information content (AvgIpc) is 2.84. The summed E-state index contributed by atoms with van der Waals surface area (Å²) < 4.78 is 0. The van der Waals surface area contributed by atoms with Gasteiger partial charge in [-0.1, -0.05) is 121 Å². The minimum atomic E-state index is -1.07. The number of aliphatic carboxylic acids is 1. The van der Waals surface area contributed by atoms with Crippen LogP contribution in [0, 0.1) is 0 Å². The number of carbonyl (C=O) groups is 1. The van der Waals surface area contributed by atoms with E-state index in [9.17, 15) is 9.90 Å². The highest BCUT2D eigenvalue weighted by Gasteiger charge is 2.42. The number of hydrogen-bond donors (Lipinski definition) is 1. The zero-order valence-electron chi connectivity index (χ0n) is 17.2. The lowest BCUT2D eigenvalue weighted by Crippen LogP contribution is -3.02. The van der Waals surface area contributed by atoms with Crippen molar-refractivity contribution in [1.82, 2.24) is 0 Å². The molecule has 2 N–H and O–H groups in total. The van der Waals surface area contributed by atoms with Crippen molar-refractivity contribution in [3.05, 3.63) is 144 Å². The van der Waals surface area contributed by atoms with Crippen molar-refractivity contribution < 1.29 is 15.2 Å². The van der Waals surface area contributed by atoms with Crippen molar-refractivity contribution >= 4 is 5.97 Å². The molecule has 0 spiro atoms. The van der Waals surface area contributed by atoms with Crippen molar-refractivity contribution in [3.63, 3.8) is 0 Å². The molecular formula is C28H25NO2. The summed E-state index contributed by atoms with van der Waals surface area (Å²) in [7, 11) is 0. The Morgan fingerprint density at radius 2 is 1.00 bits per heavy atom. The summed E-state index contributed by atoms with van der Waals surface area (Å²) in [5.41, 5.74) is 3.30. The van der Waals surface area contributed by atoms with Crippen LogP contribution in [-0.2, 0) is 16.8 Å². The van der Waals surface area contributed by atoms with Crippen molar-refractivity contribution in [3.8, 4) is 0 Å². The van der Waals surface area contributed by atoms with Crippen LogP contribution >= 0.6 is 0 Å². The smallest absolute Gasteiger partial charge is 0.174 e. The van der Waals surface area contributed by atoms with Crippen LogP contribution in [-0.4, -0.2) is 12.0 Å². The molecule has 4 rings (SSSR count). The van der Waals surface area contributed by atoms with Gasteiger partial charge in [0.2, 0.25) is 0 Å². The number of rotatable bonds is 8. The predicted molar refractivity (Wildman–Crippen MR) is 120 cm³/mol. The maximum Gasteiger partial charge on any atom is 0.174 e. The maximum absolute atomic E-state index is 12.3. The zero-order valence-corrected chi connectivity index (χ0v) is 17.2. The number of quaternary nitrogens is 1. The van der Waals surface area contributed by atoms with Gasteiger partial charge >= 0.3 is 0 Å². The van der Waals surface area contributed by atoms with Gasteiger partial charge in [0.15, 0.2) is 5.54 Å². The number of benzene rings is 4. The average molecular weight is 408 g/mol. The molecule has 0 unspecified atom stereocenters. The topological polar surface area (TPSA) is 56.7 Å². The Morgan fingerprint density at radius 3 is 1.35 bits per heavy atom. The Kier molecular flexibility index (Phi) is 6.25. The fourth-order valence-electron chi connectivity index (χ4n) is 4.27. The van der Waals surface area contributed by atoms with E-state index in [0.29, 0.717) is 6.42 Å². The second kappa shape index (κ2) is 9.41. The molecule has 0 aliphatic rings. The van der Waals surface area contributed by atoms with Gasteiger partial charge < -0.3 is 15.2 Å². The Hall–Kier alpha value is -3.69. The van der Waals surface area contributed by atoms with E-state index >= 15 is 0 Å². The number of carboxylic acid groups (broad SMARTS) is 1. The van der Waals surface area contributed by atoms with Crippen molar-refractivity contribution in [2.45, 2.75) is 18.0 Å². The van der Waals surface area contributed by atoms with Gasteiger partial charge in [-0.25, -0.2) is 0 Å². The summed E-state index contributed by atoms with van der Waals surface area (Å²) in [6.07, 6.45) is 0.372. The number of carboxylic acids is 1. The summed E-state index contributed by atoms with van der Waals surface area (Å²) in [5, 5.41) is 14.3. The number of carbonyl (C=O) groups excluding carboxylic acids is 1. The quantitative estimate of drug-likeness (QED) is 0.457. The van der Waals surface area contributed by atoms with Crippen LogP contribution in [0.4, 0.5) is 0 Å². The molecule has 4 aromatic rings. The van der Waals surface area contributed by atoms with Gasteiger partial charge in [0.1, 0.15) is 6.04 Å². The molecule has 0 bridgehead atoms. The Balaban J connectivity index is 1.90. The first-order valence-corrected chi connectivity index (χ1v) is 10.5. The summed E-state index contributed by atoms with van der Waals surface area (Å²) in [5.74, 6) is -1.07. The third-order valence-electron chi connectivity index (χ3n) is 5.74. The van der Waals surface area contributed by atoms with Crippen LogP contribution in [0.25, 0.3) is 0 Å². The molecule has 0 saturated heterocycles. The van der Waals surface area contributed by atoms with Crippen LogP contribution in [0.2, 0.25) is 0 Å². The number of nitrogens with two attached hydrogens (primary N) is 1. The Morgan fingerprint density at radius 1 is 0.645 bits per heavy atom. The first-order valence-electron chi connectivity index (χ1n) is 10.5. The molecule has 0 radical (unpaired) electrons. The lowest BCUT2D eigenvalue weighted by molar-refractivity contribution is -0.740. The van der Waals surface area contributed by atoms with Gasteiger partial charge in [-0.2, -0.15) is 0 Å². The molecule has 1 atom stereocenters. The van der Waals surface area contributed by atoms with E-state index in [-0.39, 0.29) is 0 Å². The first-order chi connectivity index (χ1) is 15.2. The molecular weight excluding hydrogens is 382 g/mol. The van der Waals surface area contributed by atoms with E-state index in [0.717, 1.165) is 22.3 Å². The highest BCUT2D eigenvalue weighted by molar-refractivity contribution is 5.70. The van der Waals surface area contributed by atoms with E-state index in [2.05, 4.69) is 36.4 Å². The van der Waals surface area contributed by atoms with Gasteiger partial charge in [-0.3, -0.25) is 0 Å². The van der Waals surface area contributed by atoms with Crippen molar-refractivity contribution in [1.29, 1.82) is 0 Å². The molecule has 0 saturated carbocycles. The van der Waals surface area contributed by atoms with Gasteiger partial charge in [-0.05, 0) is 5.56 Å². The van der Waals surface area contributed by atoms with E-state index in [1.165, 1.54) is 0 Å². The molecule has 154 valence electrons. The van der Waals surface area contributed by atoms with Crippen LogP contribution in [0.15, 0.2) is 121 Å². The molecule has 0 fully saturated rings. The Bertz CT molecular complexity index is 1000. The van der Waals surface area contributed by atoms with Gasteiger partial charge in [0.25, 0.3) is 0 Å². The first kappa shape index (κ1) is 20.6. The largest absolute Gasteiger partial charge is 0.544 e. The van der Waals surface area contributed by atoms with E-state index in [4.69, 9.17) is 0 Å². The van der Waals surface area contributed by atoms with E-state index in [1.54, 1.807) is 0 Å². The molecule has 0 aliphatic carbocycles. The number of hydrogen-bond acceptors (Lipinski definition) is 2. The van der Waals surface area contributed by atoms with Crippen molar-refractivity contribution in [2.75, 3.05) is 0 Å². The lowest BCUT2D eigenvalue weighted by atomic mass is 9.76. The van der Waals surface area contributed by atoms with E-state index < -0.39 is 17.6 Å². The molecule has 0 heterocycles. The van der Waals surface area contributed by atoms with Gasteiger partial charge in [0, 0.05) is 23.1 Å². The lowest BCUT2D eigenvalue weighted by Gasteiger charge is -2.37. The third kappa shape index (κ3) is 4.42. The highest BCUT2D eigenvalue weighted by Crippen LogP contribution is 2.33. The molecule has 31 heavy (non-hydrogen) atoms. The second-order valence-electron chi connectivity index (χ2n) is 7.69. The van der Waals surface area contributed by atoms with Crippen LogP contribution in [0.5, 0.6) is 0 Å². The fraction of sp³-hybridized carbons (Fsp3) is 0.107. The second-order valence-corrected chi connectivity index (χ2v) is 7.69. The van der Waals surface area contributed by atoms with E-state index in [1.807, 2.05) is 90.2 Å². The minimum Gasteiger partial charge on any atom is -0.544 e. The maximum atomic E-state index is 12.3. The van der Waals surface area contributed by atoms with Crippen LogP contribution in [0.3, 0.4) is 0 Å². The van der Waals surface area contributed by atoms with Crippen molar-refractivity contribution in [2.24, 2.45) is 0 Å². The van der Waals surface area contributed by atoms with Gasteiger partial charge in [0.05, 0.1) is 5.97 Å². The van der Waals surface area contributed by atoms with Crippen LogP contribution in [0.1, 0.15) is 22.3 Å². The third-order valence-corrected chi connectivity index (χ3v) is 5.74. The molecule has 0 amide bonds. The Labute approximate surface area is 183 Å². The summed E-state index contributed by atoms with van der Waals surface area (Å²) in [6, 6.07) is 39.2. The molecule has 0 aliphatic heterocycles. The summed E-state index contributed by atoms with van der Waals surface area (Å²) >= 11 is 0. The molecule has 4 aromatic carbocycles. The SMILES string of the molecule is O=C([O-])[C@H](Cc1ccccc1)[NH2+]C(c1ccccc1)(c1ccccc1)c1ccccc1.